The van der Waals surface area contributed by atoms with Gasteiger partial charge in [-0.2, -0.15) is 5.26 Å². The number of benzene rings is 1. The molecule has 1 aliphatic rings. The summed E-state index contributed by atoms with van der Waals surface area (Å²) in [5.74, 6) is 0.185. The Balaban J connectivity index is 1.73. The predicted octanol–water partition coefficient (Wildman–Crippen LogP) is 3.74. The zero-order valence-corrected chi connectivity index (χ0v) is 20.0. The summed E-state index contributed by atoms with van der Waals surface area (Å²) in [6.07, 6.45) is 1.71. The van der Waals surface area contributed by atoms with E-state index in [-0.39, 0.29) is 11.5 Å². The van der Waals surface area contributed by atoms with Crippen LogP contribution < -0.4 is 10.2 Å². The zero-order chi connectivity index (χ0) is 23.3. The fourth-order valence-corrected chi connectivity index (χ4v) is 4.21. The predicted molar refractivity (Wildman–Crippen MR) is 130 cm³/mol. The lowest BCUT2D eigenvalue weighted by atomic mass is 10.1. The molecule has 1 N–H and O–H groups in total. The molecular formula is C26H35N5O. The molecule has 0 unspecified atom stereocenters. The number of piperazine rings is 1. The number of anilines is 1. The highest BCUT2D eigenvalue weighted by atomic mass is 16.1. The number of nitrogens with zero attached hydrogens (tertiary/aromatic N) is 4. The maximum absolute atomic E-state index is 12.8. The first-order valence-corrected chi connectivity index (χ1v) is 11.4. The van der Waals surface area contributed by atoms with E-state index in [4.69, 9.17) is 0 Å². The lowest BCUT2D eigenvalue weighted by Gasteiger charge is -2.35. The molecule has 6 nitrogen and oxygen atoms in total. The molecule has 0 spiro atoms. The van der Waals surface area contributed by atoms with Gasteiger partial charge in [0.25, 0.3) is 5.91 Å². The van der Waals surface area contributed by atoms with E-state index in [1.165, 1.54) is 0 Å². The highest BCUT2D eigenvalue weighted by molar-refractivity contribution is 6.01. The summed E-state index contributed by atoms with van der Waals surface area (Å²) in [6, 6.07) is 12.3. The van der Waals surface area contributed by atoms with Crippen LogP contribution in [0.1, 0.15) is 36.4 Å². The fourth-order valence-electron chi connectivity index (χ4n) is 4.21. The molecular weight excluding hydrogens is 398 g/mol. The normalized spacial score (nSPS) is 15.2. The van der Waals surface area contributed by atoms with Crippen LogP contribution in [0.2, 0.25) is 0 Å². The summed E-state index contributed by atoms with van der Waals surface area (Å²) in [4.78, 5) is 17.5. The van der Waals surface area contributed by atoms with E-state index < -0.39 is 0 Å². The van der Waals surface area contributed by atoms with E-state index in [0.717, 1.165) is 60.9 Å². The van der Waals surface area contributed by atoms with Gasteiger partial charge < -0.3 is 19.7 Å². The molecule has 0 radical (unpaired) electrons. The number of hydrogen-bond acceptors (Lipinski definition) is 4. The number of aryl methyl sites for hydroxylation is 1. The minimum absolute atomic E-state index is 0.131. The van der Waals surface area contributed by atoms with Crippen LogP contribution in [-0.2, 0) is 17.9 Å². The van der Waals surface area contributed by atoms with Gasteiger partial charge in [-0.15, -0.1) is 0 Å². The molecule has 0 bridgehead atoms. The van der Waals surface area contributed by atoms with Crippen LogP contribution in [0.5, 0.6) is 0 Å². The van der Waals surface area contributed by atoms with Gasteiger partial charge in [-0.05, 0) is 56.1 Å². The van der Waals surface area contributed by atoms with Crippen molar-refractivity contribution in [3.05, 3.63) is 58.4 Å². The summed E-state index contributed by atoms with van der Waals surface area (Å²) >= 11 is 0. The fraction of sp³-hybridized carbons (Fsp3) is 0.462. The smallest absolute Gasteiger partial charge is 0.262 e. The van der Waals surface area contributed by atoms with Gasteiger partial charge in [0.1, 0.15) is 11.6 Å². The van der Waals surface area contributed by atoms with Gasteiger partial charge in [0.05, 0.1) is 0 Å². The maximum atomic E-state index is 12.8. The number of hydrogen-bond donors (Lipinski definition) is 1. The molecule has 0 aliphatic carbocycles. The average Bonchev–Trinajstić information content (AvgIpc) is 3.03. The Bertz CT molecular complexity index is 1020. The van der Waals surface area contributed by atoms with Gasteiger partial charge in [0.15, 0.2) is 0 Å². The van der Waals surface area contributed by atoms with E-state index in [0.29, 0.717) is 12.5 Å². The number of rotatable bonds is 7. The minimum atomic E-state index is -0.339. The maximum Gasteiger partial charge on any atom is 0.262 e. The number of likely N-dealkylation sites (N-methyl/N-ethyl adjacent to an activating group) is 1. The second-order valence-electron chi connectivity index (χ2n) is 9.10. The molecule has 1 saturated heterocycles. The van der Waals surface area contributed by atoms with Crippen LogP contribution in [0.3, 0.4) is 0 Å². The molecule has 170 valence electrons. The van der Waals surface area contributed by atoms with E-state index in [1.807, 2.05) is 31.2 Å². The molecule has 2 heterocycles. The Morgan fingerprint density at radius 2 is 1.88 bits per heavy atom. The zero-order valence-electron chi connectivity index (χ0n) is 20.0. The lowest BCUT2D eigenvalue weighted by Crippen LogP contribution is -2.45. The SMILES string of the molecule is Cc1cc(/C=C(\C#N)C(=O)NCc2ccccc2N2CCN(C)CC2)c(C)n1CC(C)C. The second-order valence-corrected chi connectivity index (χ2v) is 9.10. The third-order valence-corrected chi connectivity index (χ3v) is 6.10. The van der Waals surface area contributed by atoms with Gasteiger partial charge in [0.2, 0.25) is 0 Å². The third-order valence-electron chi connectivity index (χ3n) is 6.10. The Hall–Kier alpha value is -3.04. The van der Waals surface area contributed by atoms with Crippen LogP contribution in [-0.4, -0.2) is 48.6 Å². The monoisotopic (exact) mass is 433 g/mol. The Morgan fingerprint density at radius 1 is 1.19 bits per heavy atom. The van der Waals surface area contributed by atoms with Crippen molar-refractivity contribution in [2.45, 2.75) is 40.8 Å². The van der Waals surface area contributed by atoms with Gasteiger partial charge >= 0.3 is 0 Å². The van der Waals surface area contributed by atoms with E-state index in [2.05, 4.69) is 59.6 Å². The number of nitriles is 1. The molecule has 0 saturated carbocycles. The highest BCUT2D eigenvalue weighted by Gasteiger charge is 2.18. The molecule has 1 aromatic carbocycles. The first kappa shape index (κ1) is 23.6. The summed E-state index contributed by atoms with van der Waals surface area (Å²) in [5, 5.41) is 12.6. The molecule has 0 atom stereocenters. The molecule has 1 aliphatic heterocycles. The quantitative estimate of drug-likeness (QED) is 0.534. The van der Waals surface area contributed by atoms with Crippen LogP contribution >= 0.6 is 0 Å². The second kappa shape index (κ2) is 10.5. The topological polar surface area (TPSA) is 64.3 Å². The van der Waals surface area contributed by atoms with E-state index in [9.17, 15) is 10.1 Å². The van der Waals surface area contributed by atoms with Crippen molar-refractivity contribution in [2.24, 2.45) is 5.92 Å². The summed E-state index contributed by atoms with van der Waals surface area (Å²) < 4.78 is 2.25. The van der Waals surface area contributed by atoms with Crippen molar-refractivity contribution >= 4 is 17.7 Å². The molecule has 1 fully saturated rings. The van der Waals surface area contributed by atoms with Gasteiger partial charge in [-0.1, -0.05) is 32.0 Å². The van der Waals surface area contributed by atoms with Crippen molar-refractivity contribution < 1.29 is 4.79 Å². The molecule has 1 aromatic heterocycles. The molecule has 3 rings (SSSR count). The number of carbonyl (C=O) groups excluding carboxylic acids is 1. The summed E-state index contributed by atoms with van der Waals surface area (Å²) in [6.45, 7) is 13.8. The number of amides is 1. The first-order valence-electron chi connectivity index (χ1n) is 11.4. The van der Waals surface area contributed by atoms with E-state index >= 15 is 0 Å². The van der Waals surface area contributed by atoms with E-state index in [1.54, 1.807) is 6.08 Å². The molecule has 6 heteroatoms. The van der Waals surface area contributed by atoms with Gasteiger partial charge in [-0.3, -0.25) is 4.79 Å². The first-order chi connectivity index (χ1) is 15.3. The van der Waals surface area contributed by atoms with Crippen molar-refractivity contribution in [3.8, 4) is 6.07 Å². The standard InChI is InChI=1S/C26H35N5O/c1-19(2)18-31-20(3)14-23(21(31)4)15-24(16-27)26(32)28-17-22-8-6-7-9-25(22)30-12-10-29(5)11-13-30/h6-9,14-15,19H,10-13,17-18H2,1-5H3,(H,28,32)/b24-15+. The van der Waals surface area contributed by atoms with Crippen LogP contribution in [0, 0.1) is 31.1 Å². The number of aromatic nitrogens is 1. The van der Waals surface area contributed by atoms with Crippen LogP contribution in [0.4, 0.5) is 5.69 Å². The largest absolute Gasteiger partial charge is 0.369 e. The minimum Gasteiger partial charge on any atom is -0.369 e. The van der Waals surface area contributed by atoms with Gasteiger partial charge in [-0.25, -0.2) is 0 Å². The number of nitrogens with one attached hydrogen (secondary N) is 1. The van der Waals surface area contributed by atoms with Crippen molar-refractivity contribution in [3.63, 3.8) is 0 Å². The number of carbonyl (C=O) groups is 1. The van der Waals surface area contributed by atoms with Crippen LogP contribution in [0.15, 0.2) is 35.9 Å². The van der Waals surface area contributed by atoms with Crippen molar-refractivity contribution in [2.75, 3.05) is 38.1 Å². The molecule has 2 aromatic rings. The van der Waals surface area contributed by atoms with Crippen LogP contribution in [0.25, 0.3) is 6.08 Å². The summed E-state index contributed by atoms with van der Waals surface area (Å²) in [5.41, 5.74) is 5.50. The lowest BCUT2D eigenvalue weighted by molar-refractivity contribution is -0.117. The third kappa shape index (κ3) is 5.60. The molecule has 1 amide bonds. The average molecular weight is 434 g/mol. The van der Waals surface area contributed by atoms with Gasteiger partial charge in [0, 0.05) is 56.3 Å². The van der Waals surface area contributed by atoms with Crippen molar-refractivity contribution in [1.29, 1.82) is 5.26 Å². The Morgan fingerprint density at radius 3 is 2.53 bits per heavy atom. The summed E-state index contributed by atoms with van der Waals surface area (Å²) in [7, 11) is 2.14. The highest BCUT2D eigenvalue weighted by Crippen LogP contribution is 2.22. The Labute approximate surface area is 192 Å². The number of para-hydroxylation sites is 1. The Kier molecular flexibility index (Phi) is 7.76. The molecule has 32 heavy (non-hydrogen) atoms. The van der Waals surface area contributed by atoms with Crippen molar-refractivity contribution in [1.82, 2.24) is 14.8 Å².